The summed E-state index contributed by atoms with van der Waals surface area (Å²) in [6.45, 7) is 7.78. The van der Waals surface area contributed by atoms with E-state index >= 15 is 0 Å². The lowest BCUT2D eigenvalue weighted by molar-refractivity contribution is -0.176. The van der Waals surface area contributed by atoms with Crippen LogP contribution in [0.25, 0.3) is 10.9 Å². The molecule has 5 nitrogen and oxygen atoms in total. The fourth-order valence-corrected chi connectivity index (χ4v) is 3.53. The minimum Gasteiger partial charge on any atom is -0.347 e. The smallest absolute Gasteiger partial charge is 0.347 e. The van der Waals surface area contributed by atoms with Crippen LogP contribution in [0.5, 0.6) is 0 Å². The van der Waals surface area contributed by atoms with Crippen molar-refractivity contribution in [2.24, 2.45) is 0 Å². The summed E-state index contributed by atoms with van der Waals surface area (Å²) >= 11 is 0. The first-order chi connectivity index (χ1) is 13.4. The Kier molecular flexibility index (Phi) is 6.74. The predicted octanol–water partition coefficient (Wildman–Crippen LogP) is 3.74. The number of hydrogen-bond donors (Lipinski definition) is 0. The van der Waals surface area contributed by atoms with E-state index in [1.807, 2.05) is 5.06 Å². The van der Waals surface area contributed by atoms with Crippen LogP contribution in [0.15, 0.2) is 30.5 Å². The molecule has 0 spiro atoms. The van der Waals surface area contributed by atoms with E-state index in [0.717, 1.165) is 52.2 Å². The molecule has 0 amide bonds. The molecule has 0 unspecified atom stereocenters. The summed E-state index contributed by atoms with van der Waals surface area (Å²) in [5, 5.41) is 2.35. The number of aryl methyl sites for hydroxylation is 1. The first-order valence-corrected chi connectivity index (χ1v) is 9.69. The Morgan fingerprint density at radius 1 is 1.11 bits per heavy atom. The van der Waals surface area contributed by atoms with Gasteiger partial charge in [0.25, 0.3) is 5.78 Å². The third-order valence-corrected chi connectivity index (χ3v) is 4.97. The van der Waals surface area contributed by atoms with Crippen LogP contribution in [0.1, 0.15) is 30.1 Å². The highest BCUT2D eigenvalue weighted by Gasteiger charge is 2.40. The summed E-state index contributed by atoms with van der Waals surface area (Å²) in [7, 11) is 0. The molecule has 0 atom stereocenters. The molecule has 154 valence electrons. The van der Waals surface area contributed by atoms with Gasteiger partial charge in [0.1, 0.15) is 0 Å². The number of para-hydroxylation sites is 1. The third kappa shape index (κ3) is 4.92. The standard InChI is InChI=1S/C20H26F3N3O2/c1-2-14-28-26-12-10-24(11-13-26)8-5-9-25-15-17(19(27)20(21,22)23)16-6-3-4-7-18(16)25/h3-4,6-7,15H,2,5,8-14H2,1H3. The van der Waals surface area contributed by atoms with Crippen molar-refractivity contribution in [3.05, 3.63) is 36.0 Å². The number of ketones is 1. The summed E-state index contributed by atoms with van der Waals surface area (Å²) < 4.78 is 40.4. The molecule has 1 aromatic heterocycles. The van der Waals surface area contributed by atoms with E-state index in [1.165, 1.54) is 6.20 Å². The Balaban J connectivity index is 1.59. The average molecular weight is 397 g/mol. The molecule has 2 heterocycles. The SMILES string of the molecule is CCCON1CCN(CCCn2cc(C(=O)C(F)(F)F)c3ccccc32)CC1. The molecular weight excluding hydrogens is 371 g/mol. The largest absolute Gasteiger partial charge is 0.454 e. The van der Waals surface area contributed by atoms with Crippen LogP contribution in [-0.4, -0.2) is 65.8 Å². The second-order valence-corrected chi connectivity index (χ2v) is 7.04. The zero-order chi connectivity index (χ0) is 20.1. The second-order valence-electron chi connectivity index (χ2n) is 7.04. The Bertz CT molecular complexity index is 796. The molecular formula is C20H26F3N3O2. The van der Waals surface area contributed by atoms with Crippen LogP contribution in [-0.2, 0) is 11.4 Å². The molecule has 1 saturated heterocycles. The molecule has 0 N–H and O–H groups in total. The Morgan fingerprint density at radius 3 is 2.50 bits per heavy atom. The van der Waals surface area contributed by atoms with Crippen molar-refractivity contribution in [2.45, 2.75) is 32.5 Å². The first kappa shape index (κ1) is 20.8. The van der Waals surface area contributed by atoms with Gasteiger partial charge >= 0.3 is 6.18 Å². The molecule has 1 aliphatic rings. The number of alkyl halides is 3. The zero-order valence-electron chi connectivity index (χ0n) is 16.0. The number of carbonyl (C=O) groups is 1. The number of nitrogens with zero attached hydrogens (tertiary/aromatic N) is 3. The summed E-state index contributed by atoms with van der Waals surface area (Å²) in [5.41, 5.74) is 0.387. The highest BCUT2D eigenvalue weighted by Crippen LogP contribution is 2.28. The fourth-order valence-electron chi connectivity index (χ4n) is 3.53. The molecule has 28 heavy (non-hydrogen) atoms. The number of halogens is 3. The Hall–Kier alpha value is -1.90. The Morgan fingerprint density at radius 2 is 1.82 bits per heavy atom. The van der Waals surface area contributed by atoms with Crippen molar-refractivity contribution in [2.75, 3.05) is 39.3 Å². The molecule has 3 rings (SSSR count). The number of Topliss-reactive ketones (excluding diaryl/α,β-unsaturated/α-hetero) is 1. The van der Waals surface area contributed by atoms with Crippen molar-refractivity contribution in [3.8, 4) is 0 Å². The topological polar surface area (TPSA) is 37.7 Å². The highest BCUT2D eigenvalue weighted by atomic mass is 19.4. The number of aromatic nitrogens is 1. The maximum Gasteiger partial charge on any atom is 0.454 e. The average Bonchev–Trinajstić information content (AvgIpc) is 3.05. The van der Waals surface area contributed by atoms with E-state index in [2.05, 4.69) is 11.8 Å². The first-order valence-electron chi connectivity index (χ1n) is 9.69. The van der Waals surface area contributed by atoms with Gasteiger partial charge in [-0.25, -0.2) is 0 Å². The van der Waals surface area contributed by atoms with E-state index in [4.69, 9.17) is 4.84 Å². The van der Waals surface area contributed by atoms with E-state index in [0.29, 0.717) is 17.4 Å². The van der Waals surface area contributed by atoms with Gasteiger partial charge in [-0.15, -0.1) is 0 Å². The number of piperazine rings is 1. The molecule has 0 aliphatic carbocycles. The minimum atomic E-state index is -4.87. The number of fused-ring (bicyclic) bond motifs is 1. The quantitative estimate of drug-likeness (QED) is 0.636. The molecule has 0 radical (unpaired) electrons. The number of hydroxylamine groups is 2. The van der Waals surface area contributed by atoms with Crippen LogP contribution < -0.4 is 0 Å². The highest BCUT2D eigenvalue weighted by molar-refractivity contribution is 6.10. The van der Waals surface area contributed by atoms with E-state index in [1.54, 1.807) is 28.8 Å². The molecule has 1 aromatic carbocycles. The van der Waals surface area contributed by atoms with Gasteiger partial charge in [-0.1, -0.05) is 25.1 Å². The van der Waals surface area contributed by atoms with Gasteiger partial charge in [-0.05, 0) is 25.5 Å². The van der Waals surface area contributed by atoms with Crippen LogP contribution in [0.2, 0.25) is 0 Å². The van der Waals surface area contributed by atoms with Gasteiger partial charge in [0.05, 0.1) is 12.2 Å². The van der Waals surface area contributed by atoms with Gasteiger partial charge in [0.15, 0.2) is 0 Å². The minimum absolute atomic E-state index is 0.273. The number of carbonyl (C=O) groups excluding carboxylic acids is 1. The summed E-state index contributed by atoms with van der Waals surface area (Å²) in [4.78, 5) is 19.7. The second kappa shape index (κ2) is 9.07. The molecule has 0 saturated carbocycles. The summed E-state index contributed by atoms with van der Waals surface area (Å²) in [5.74, 6) is -1.79. The zero-order valence-corrected chi connectivity index (χ0v) is 16.0. The van der Waals surface area contributed by atoms with Crippen molar-refractivity contribution in [1.29, 1.82) is 0 Å². The van der Waals surface area contributed by atoms with Crippen molar-refractivity contribution >= 4 is 16.7 Å². The van der Waals surface area contributed by atoms with Crippen LogP contribution >= 0.6 is 0 Å². The normalized spacial score (nSPS) is 16.7. The maximum atomic E-state index is 12.9. The van der Waals surface area contributed by atoms with Gasteiger partial charge in [-0.3, -0.25) is 9.63 Å². The lowest BCUT2D eigenvalue weighted by Gasteiger charge is -2.33. The monoisotopic (exact) mass is 397 g/mol. The molecule has 1 fully saturated rings. The molecule has 0 bridgehead atoms. The van der Waals surface area contributed by atoms with Crippen LogP contribution in [0.3, 0.4) is 0 Å². The molecule has 8 heteroatoms. The van der Waals surface area contributed by atoms with Gasteiger partial charge in [-0.2, -0.15) is 18.2 Å². The maximum absolute atomic E-state index is 12.9. The lowest BCUT2D eigenvalue weighted by atomic mass is 10.1. The number of benzene rings is 1. The van der Waals surface area contributed by atoms with E-state index in [9.17, 15) is 18.0 Å². The summed E-state index contributed by atoms with van der Waals surface area (Å²) in [6, 6.07) is 6.75. The predicted molar refractivity (Wildman–Crippen MR) is 101 cm³/mol. The van der Waals surface area contributed by atoms with Gasteiger partial charge in [0.2, 0.25) is 0 Å². The van der Waals surface area contributed by atoms with Gasteiger partial charge in [0, 0.05) is 49.8 Å². The third-order valence-electron chi connectivity index (χ3n) is 4.97. The van der Waals surface area contributed by atoms with Crippen LogP contribution in [0.4, 0.5) is 13.2 Å². The molecule has 1 aliphatic heterocycles. The lowest BCUT2D eigenvalue weighted by Crippen LogP contribution is -2.46. The number of rotatable bonds is 8. The summed E-state index contributed by atoms with van der Waals surface area (Å²) in [6.07, 6.45) is -1.73. The molecule has 2 aromatic rings. The van der Waals surface area contributed by atoms with Crippen molar-refractivity contribution < 1.29 is 22.8 Å². The van der Waals surface area contributed by atoms with Crippen LogP contribution in [0, 0.1) is 0 Å². The van der Waals surface area contributed by atoms with Crippen molar-refractivity contribution in [1.82, 2.24) is 14.5 Å². The van der Waals surface area contributed by atoms with Gasteiger partial charge < -0.3 is 9.47 Å². The van der Waals surface area contributed by atoms with E-state index in [-0.39, 0.29) is 5.56 Å². The number of hydrogen-bond acceptors (Lipinski definition) is 4. The Labute approximate surface area is 162 Å². The fraction of sp³-hybridized carbons (Fsp3) is 0.550. The van der Waals surface area contributed by atoms with Crippen molar-refractivity contribution in [3.63, 3.8) is 0 Å². The van der Waals surface area contributed by atoms with E-state index < -0.39 is 12.0 Å².